The monoisotopic (exact) mass is 327 g/mol. The molecule has 70 valence electrons. The SMILES string of the molecule is Nc1c(Br)cc(Cl)c(C(=O)O)c1Br. The normalized spacial score (nSPS) is 10.1. The number of carbonyl (C=O) groups is 1. The summed E-state index contributed by atoms with van der Waals surface area (Å²) in [6, 6.07) is 1.45. The molecule has 3 N–H and O–H groups in total. The first-order valence-corrected chi connectivity index (χ1v) is 5.07. The van der Waals surface area contributed by atoms with E-state index in [1.54, 1.807) is 0 Å². The van der Waals surface area contributed by atoms with Gasteiger partial charge in [-0.25, -0.2) is 4.79 Å². The van der Waals surface area contributed by atoms with Gasteiger partial charge in [-0.1, -0.05) is 11.6 Å². The molecule has 0 aliphatic heterocycles. The molecule has 0 saturated heterocycles. The van der Waals surface area contributed by atoms with Crippen molar-refractivity contribution >= 4 is 55.1 Å². The van der Waals surface area contributed by atoms with Gasteiger partial charge in [0.15, 0.2) is 0 Å². The highest BCUT2D eigenvalue weighted by atomic mass is 79.9. The van der Waals surface area contributed by atoms with Crippen molar-refractivity contribution in [3.05, 3.63) is 25.6 Å². The number of nitrogen functional groups attached to an aromatic ring is 1. The maximum absolute atomic E-state index is 10.7. The molecule has 1 aromatic rings. The molecule has 1 rings (SSSR count). The van der Waals surface area contributed by atoms with Gasteiger partial charge in [-0.2, -0.15) is 0 Å². The molecular formula is C7H4Br2ClNO2. The Balaban J connectivity index is 3.53. The van der Waals surface area contributed by atoms with Crippen molar-refractivity contribution in [2.24, 2.45) is 0 Å². The van der Waals surface area contributed by atoms with E-state index in [0.717, 1.165) is 0 Å². The Morgan fingerprint density at radius 2 is 2.08 bits per heavy atom. The number of hydrogen-bond donors (Lipinski definition) is 2. The van der Waals surface area contributed by atoms with Crippen molar-refractivity contribution in [3.8, 4) is 0 Å². The number of hydrogen-bond acceptors (Lipinski definition) is 2. The summed E-state index contributed by atoms with van der Waals surface area (Å²) in [5, 5.41) is 8.92. The molecule has 0 heterocycles. The van der Waals surface area contributed by atoms with Gasteiger partial charge in [0.1, 0.15) is 0 Å². The number of anilines is 1. The Kier molecular flexibility index (Phi) is 3.21. The van der Waals surface area contributed by atoms with Crippen LogP contribution in [0.3, 0.4) is 0 Å². The lowest BCUT2D eigenvalue weighted by Gasteiger charge is -2.06. The fourth-order valence-electron chi connectivity index (χ4n) is 0.802. The number of nitrogens with two attached hydrogens (primary N) is 1. The fourth-order valence-corrected chi connectivity index (χ4v) is 2.62. The highest BCUT2D eigenvalue weighted by Gasteiger charge is 2.17. The molecule has 0 aromatic heterocycles. The summed E-state index contributed by atoms with van der Waals surface area (Å²) in [5.74, 6) is -1.11. The van der Waals surface area contributed by atoms with Crippen LogP contribution >= 0.6 is 43.5 Å². The van der Waals surface area contributed by atoms with Gasteiger partial charge in [-0.3, -0.25) is 0 Å². The van der Waals surface area contributed by atoms with E-state index < -0.39 is 5.97 Å². The third-order valence-electron chi connectivity index (χ3n) is 1.42. The second kappa shape index (κ2) is 3.86. The van der Waals surface area contributed by atoms with Crippen LogP contribution < -0.4 is 5.73 Å². The predicted molar refractivity (Wildman–Crippen MR) is 58.2 cm³/mol. The first kappa shape index (κ1) is 10.8. The highest BCUT2D eigenvalue weighted by Crippen LogP contribution is 2.36. The molecular weight excluding hydrogens is 325 g/mol. The van der Waals surface area contributed by atoms with Crippen LogP contribution in [-0.4, -0.2) is 11.1 Å². The topological polar surface area (TPSA) is 63.3 Å². The minimum absolute atomic E-state index is 0.0256. The molecule has 0 aliphatic rings. The molecule has 0 amide bonds. The summed E-state index contributed by atoms with van der Waals surface area (Å²) in [4.78, 5) is 10.7. The standard InChI is InChI=1S/C7H4Br2ClNO2/c8-2-1-3(10)4(7(12)13)5(9)6(2)11/h1H,11H2,(H,12,13). The number of aromatic carboxylic acids is 1. The minimum atomic E-state index is -1.11. The van der Waals surface area contributed by atoms with Gasteiger partial charge in [0.05, 0.1) is 20.7 Å². The summed E-state index contributed by atoms with van der Waals surface area (Å²) >= 11 is 11.9. The molecule has 6 heteroatoms. The van der Waals surface area contributed by atoms with Crippen molar-refractivity contribution < 1.29 is 9.90 Å². The average molecular weight is 329 g/mol. The zero-order chi connectivity index (χ0) is 10.2. The van der Waals surface area contributed by atoms with E-state index >= 15 is 0 Å². The Morgan fingerprint density at radius 3 is 2.54 bits per heavy atom. The lowest BCUT2D eigenvalue weighted by molar-refractivity contribution is 0.0696. The van der Waals surface area contributed by atoms with E-state index in [1.165, 1.54) is 6.07 Å². The van der Waals surface area contributed by atoms with Crippen LogP contribution in [0.4, 0.5) is 5.69 Å². The molecule has 0 saturated carbocycles. The predicted octanol–water partition coefficient (Wildman–Crippen LogP) is 3.15. The van der Waals surface area contributed by atoms with Crippen LogP contribution in [-0.2, 0) is 0 Å². The summed E-state index contributed by atoms with van der Waals surface area (Å²) in [6.45, 7) is 0. The van der Waals surface area contributed by atoms with Crippen molar-refractivity contribution in [2.45, 2.75) is 0 Å². The Bertz CT molecular complexity index is 381. The molecule has 0 fully saturated rings. The average Bonchev–Trinajstić information content (AvgIpc) is 1.99. The Hall–Kier alpha value is -0.260. The first-order chi connectivity index (χ1) is 5.95. The molecule has 0 spiro atoms. The molecule has 0 atom stereocenters. The summed E-state index contributed by atoms with van der Waals surface area (Å²) < 4.78 is 0.855. The van der Waals surface area contributed by atoms with E-state index in [1.807, 2.05) is 0 Å². The number of rotatable bonds is 1. The highest BCUT2D eigenvalue weighted by molar-refractivity contribution is 9.11. The van der Waals surface area contributed by atoms with E-state index in [2.05, 4.69) is 31.9 Å². The van der Waals surface area contributed by atoms with Crippen LogP contribution in [0.2, 0.25) is 5.02 Å². The minimum Gasteiger partial charge on any atom is -0.478 e. The lowest BCUT2D eigenvalue weighted by atomic mass is 10.2. The Morgan fingerprint density at radius 1 is 1.54 bits per heavy atom. The van der Waals surface area contributed by atoms with Gasteiger partial charge in [-0.05, 0) is 37.9 Å². The third kappa shape index (κ3) is 1.98. The van der Waals surface area contributed by atoms with Gasteiger partial charge in [-0.15, -0.1) is 0 Å². The fraction of sp³-hybridized carbons (Fsp3) is 0. The first-order valence-electron chi connectivity index (χ1n) is 3.11. The van der Waals surface area contributed by atoms with Crippen molar-refractivity contribution in [2.75, 3.05) is 5.73 Å². The van der Waals surface area contributed by atoms with Crippen molar-refractivity contribution in [3.63, 3.8) is 0 Å². The van der Waals surface area contributed by atoms with Gasteiger partial charge < -0.3 is 10.8 Å². The van der Waals surface area contributed by atoms with Crippen LogP contribution in [0, 0.1) is 0 Å². The Labute approximate surface area is 96.1 Å². The summed E-state index contributed by atoms with van der Waals surface area (Å²) in [6.07, 6.45) is 0. The molecule has 0 unspecified atom stereocenters. The van der Waals surface area contributed by atoms with Crippen LogP contribution in [0.15, 0.2) is 15.0 Å². The maximum Gasteiger partial charge on any atom is 0.338 e. The molecule has 1 aromatic carbocycles. The van der Waals surface area contributed by atoms with Crippen LogP contribution in [0.5, 0.6) is 0 Å². The van der Waals surface area contributed by atoms with Crippen molar-refractivity contribution in [1.82, 2.24) is 0 Å². The third-order valence-corrected chi connectivity index (χ3v) is 3.20. The lowest BCUT2D eigenvalue weighted by Crippen LogP contribution is -2.02. The van der Waals surface area contributed by atoms with Crippen molar-refractivity contribution in [1.29, 1.82) is 0 Å². The van der Waals surface area contributed by atoms with Gasteiger partial charge >= 0.3 is 5.97 Å². The number of halogens is 3. The van der Waals surface area contributed by atoms with E-state index in [-0.39, 0.29) is 10.6 Å². The maximum atomic E-state index is 10.7. The second-order valence-corrected chi connectivity index (χ2v) is 4.30. The zero-order valence-electron chi connectivity index (χ0n) is 6.14. The van der Waals surface area contributed by atoms with E-state index in [9.17, 15) is 4.79 Å². The number of benzene rings is 1. The number of carboxylic acid groups (broad SMARTS) is 1. The zero-order valence-corrected chi connectivity index (χ0v) is 10.1. The van der Waals surface area contributed by atoms with Gasteiger partial charge in [0.2, 0.25) is 0 Å². The number of carboxylic acids is 1. The molecule has 0 radical (unpaired) electrons. The second-order valence-electron chi connectivity index (χ2n) is 2.25. The molecule has 3 nitrogen and oxygen atoms in total. The summed E-state index contributed by atoms with van der Waals surface area (Å²) in [7, 11) is 0. The van der Waals surface area contributed by atoms with E-state index in [0.29, 0.717) is 14.6 Å². The van der Waals surface area contributed by atoms with Gasteiger partial charge in [0.25, 0.3) is 0 Å². The molecule has 13 heavy (non-hydrogen) atoms. The largest absolute Gasteiger partial charge is 0.478 e. The summed E-state index contributed by atoms with van der Waals surface area (Å²) in [5.41, 5.74) is 5.87. The van der Waals surface area contributed by atoms with E-state index in [4.69, 9.17) is 22.4 Å². The van der Waals surface area contributed by atoms with Crippen LogP contribution in [0.1, 0.15) is 10.4 Å². The van der Waals surface area contributed by atoms with Gasteiger partial charge in [0, 0.05) is 4.47 Å². The molecule has 0 aliphatic carbocycles. The molecule has 0 bridgehead atoms. The quantitative estimate of drug-likeness (QED) is 0.778. The van der Waals surface area contributed by atoms with Crippen LogP contribution in [0.25, 0.3) is 0 Å². The smallest absolute Gasteiger partial charge is 0.338 e.